The van der Waals surface area contributed by atoms with Crippen LogP contribution >= 0.6 is 0 Å². The molecule has 0 saturated carbocycles. The number of nitrogens with zero attached hydrogens (tertiary/aromatic N) is 1. The van der Waals surface area contributed by atoms with E-state index >= 15 is 0 Å². The monoisotopic (exact) mass is 367 g/mol. The average Bonchev–Trinajstić information content (AvgIpc) is 2.69. The zero-order valence-electron chi connectivity index (χ0n) is 15.6. The van der Waals surface area contributed by atoms with Gasteiger partial charge in [-0.2, -0.15) is 0 Å². The number of likely N-dealkylation sites (tertiary alicyclic amines) is 1. The van der Waals surface area contributed by atoms with Crippen molar-refractivity contribution in [2.45, 2.75) is 25.8 Å². The molecule has 0 aromatic heterocycles. The molecule has 5 nitrogen and oxygen atoms in total. The molecule has 0 aliphatic carbocycles. The van der Waals surface area contributed by atoms with Crippen LogP contribution in [0.2, 0.25) is 0 Å². The Morgan fingerprint density at radius 1 is 1.11 bits per heavy atom. The summed E-state index contributed by atoms with van der Waals surface area (Å²) in [7, 11) is 1.41. The minimum atomic E-state index is -0.889. The molecule has 1 N–H and O–H groups in total. The maximum Gasteiger partial charge on any atom is 0.338 e. The molecule has 0 amide bonds. The maximum atomic E-state index is 11.9. The number of benzene rings is 2. The van der Waals surface area contributed by atoms with Crippen molar-refractivity contribution in [2.24, 2.45) is 5.92 Å². The lowest BCUT2D eigenvalue weighted by Gasteiger charge is -2.32. The van der Waals surface area contributed by atoms with E-state index in [4.69, 9.17) is 9.84 Å². The number of piperidine rings is 1. The molecule has 27 heavy (non-hydrogen) atoms. The minimum absolute atomic E-state index is 0.277. The number of esters is 1. The highest BCUT2D eigenvalue weighted by molar-refractivity contribution is 5.91. The van der Waals surface area contributed by atoms with E-state index in [-0.39, 0.29) is 5.97 Å². The second-order valence-electron chi connectivity index (χ2n) is 7.08. The topological polar surface area (TPSA) is 66.8 Å². The molecule has 1 fully saturated rings. The van der Waals surface area contributed by atoms with Crippen LogP contribution in [0.4, 0.5) is 0 Å². The summed E-state index contributed by atoms with van der Waals surface area (Å²) in [6.45, 7) is 2.72. The van der Waals surface area contributed by atoms with E-state index in [0.717, 1.165) is 50.0 Å². The fraction of sp³-hybridized carbons (Fsp3) is 0.364. The summed E-state index contributed by atoms with van der Waals surface area (Å²) >= 11 is 0. The molecule has 5 heteroatoms. The second kappa shape index (κ2) is 8.82. The summed E-state index contributed by atoms with van der Waals surface area (Å²) in [5, 5.41) is 9.12. The SMILES string of the molecule is COC(=O)c1ccccc1CC1CCN(Cc2cccc(C(=O)O)c2)CC1. The van der Waals surface area contributed by atoms with E-state index in [1.807, 2.05) is 30.3 Å². The summed E-state index contributed by atoms with van der Waals surface area (Å²) in [6.07, 6.45) is 3.01. The second-order valence-corrected chi connectivity index (χ2v) is 7.08. The van der Waals surface area contributed by atoms with E-state index in [2.05, 4.69) is 4.90 Å². The van der Waals surface area contributed by atoms with Gasteiger partial charge in [-0.25, -0.2) is 9.59 Å². The van der Waals surface area contributed by atoms with Gasteiger partial charge in [0.15, 0.2) is 0 Å². The normalized spacial score (nSPS) is 15.4. The predicted octanol–water partition coefficient (Wildman–Crippen LogP) is 3.63. The Bertz CT molecular complexity index is 809. The summed E-state index contributed by atoms with van der Waals surface area (Å²) in [5.74, 6) is -0.626. The molecular weight excluding hydrogens is 342 g/mol. The van der Waals surface area contributed by atoms with Crippen LogP contribution in [-0.4, -0.2) is 42.1 Å². The fourth-order valence-corrected chi connectivity index (χ4v) is 3.73. The van der Waals surface area contributed by atoms with Crippen LogP contribution in [-0.2, 0) is 17.7 Å². The van der Waals surface area contributed by atoms with E-state index < -0.39 is 5.97 Å². The lowest BCUT2D eigenvalue weighted by Crippen LogP contribution is -2.34. The molecule has 1 heterocycles. The van der Waals surface area contributed by atoms with Gasteiger partial charge in [0.2, 0.25) is 0 Å². The van der Waals surface area contributed by atoms with Crippen molar-refractivity contribution in [3.8, 4) is 0 Å². The Morgan fingerprint density at radius 3 is 2.56 bits per heavy atom. The van der Waals surface area contributed by atoms with Crippen molar-refractivity contribution >= 4 is 11.9 Å². The molecule has 0 radical (unpaired) electrons. The van der Waals surface area contributed by atoms with Gasteiger partial charge in [0.1, 0.15) is 0 Å². The van der Waals surface area contributed by atoms with Gasteiger partial charge in [-0.1, -0.05) is 30.3 Å². The Kier molecular flexibility index (Phi) is 6.24. The van der Waals surface area contributed by atoms with Gasteiger partial charge < -0.3 is 9.84 Å². The third-order valence-electron chi connectivity index (χ3n) is 5.22. The largest absolute Gasteiger partial charge is 0.478 e. The standard InChI is InChI=1S/C22H25NO4/c1-27-22(26)20-8-3-2-6-18(20)13-16-9-11-23(12-10-16)15-17-5-4-7-19(14-17)21(24)25/h2-8,14,16H,9-13,15H2,1H3,(H,24,25). The number of hydrogen-bond acceptors (Lipinski definition) is 4. The van der Waals surface area contributed by atoms with Crippen molar-refractivity contribution in [1.82, 2.24) is 4.90 Å². The van der Waals surface area contributed by atoms with Crippen LogP contribution < -0.4 is 0 Å². The first-order chi connectivity index (χ1) is 13.1. The van der Waals surface area contributed by atoms with Crippen LogP contribution in [0.5, 0.6) is 0 Å². The first-order valence-electron chi connectivity index (χ1n) is 9.27. The van der Waals surface area contributed by atoms with Crippen LogP contribution in [0.15, 0.2) is 48.5 Å². The Morgan fingerprint density at radius 2 is 1.85 bits per heavy atom. The van der Waals surface area contributed by atoms with E-state index in [0.29, 0.717) is 17.0 Å². The molecule has 0 spiro atoms. The lowest BCUT2D eigenvalue weighted by molar-refractivity contribution is 0.0598. The number of hydrogen-bond donors (Lipinski definition) is 1. The molecule has 1 aliphatic rings. The van der Waals surface area contributed by atoms with Gasteiger partial charge in [-0.3, -0.25) is 4.90 Å². The van der Waals surface area contributed by atoms with Gasteiger partial charge in [0.25, 0.3) is 0 Å². The minimum Gasteiger partial charge on any atom is -0.478 e. The third kappa shape index (κ3) is 4.95. The maximum absolute atomic E-state index is 11.9. The van der Waals surface area contributed by atoms with Crippen molar-refractivity contribution in [3.05, 3.63) is 70.8 Å². The van der Waals surface area contributed by atoms with E-state index in [9.17, 15) is 9.59 Å². The number of ether oxygens (including phenoxy) is 1. The van der Waals surface area contributed by atoms with Crippen LogP contribution in [0, 0.1) is 5.92 Å². The van der Waals surface area contributed by atoms with E-state index in [1.54, 1.807) is 18.2 Å². The molecule has 1 saturated heterocycles. The molecule has 2 aromatic carbocycles. The van der Waals surface area contributed by atoms with Gasteiger partial charge in [0.05, 0.1) is 18.2 Å². The number of methoxy groups -OCH3 is 1. The highest BCUT2D eigenvalue weighted by Gasteiger charge is 2.22. The van der Waals surface area contributed by atoms with Crippen molar-refractivity contribution in [3.63, 3.8) is 0 Å². The number of carboxylic acids is 1. The summed E-state index contributed by atoms with van der Waals surface area (Å²) in [4.78, 5) is 25.4. The molecular formula is C22H25NO4. The molecule has 0 bridgehead atoms. The Hall–Kier alpha value is -2.66. The molecule has 0 unspecified atom stereocenters. The highest BCUT2D eigenvalue weighted by atomic mass is 16.5. The van der Waals surface area contributed by atoms with Crippen molar-refractivity contribution < 1.29 is 19.4 Å². The highest BCUT2D eigenvalue weighted by Crippen LogP contribution is 2.25. The molecule has 1 aliphatic heterocycles. The number of carboxylic acid groups (broad SMARTS) is 1. The molecule has 0 atom stereocenters. The first kappa shape index (κ1) is 19.1. The van der Waals surface area contributed by atoms with Gasteiger partial charge in [-0.15, -0.1) is 0 Å². The summed E-state index contributed by atoms with van der Waals surface area (Å²) < 4.78 is 4.89. The molecule has 3 rings (SSSR count). The Labute approximate surface area is 159 Å². The zero-order chi connectivity index (χ0) is 19.2. The zero-order valence-corrected chi connectivity index (χ0v) is 15.6. The first-order valence-corrected chi connectivity index (χ1v) is 9.27. The van der Waals surface area contributed by atoms with E-state index in [1.165, 1.54) is 7.11 Å². The number of carbonyl (C=O) groups is 2. The van der Waals surface area contributed by atoms with Crippen molar-refractivity contribution in [1.29, 1.82) is 0 Å². The quantitative estimate of drug-likeness (QED) is 0.790. The van der Waals surface area contributed by atoms with Crippen LogP contribution in [0.3, 0.4) is 0 Å². The van der Waals surface area contributed by atoms with Crippen molar-refractivity contribution in [2.75, 3.05) is 20.2 Å². The smallest absolute Gasteiger partial charge is 0.338 e. The average molecular weight is 367 g/mol. The predicted molar refractivity (Wildman–Crippen MR) is 103 cm³/mol. The molecule has 142 valence electrons. The van der Waals surface area contributed by atoms with Crippen LogP contribution in [0.1, 0.15) is 44.7 Å². The van der Waals surface area contributed by atoms with Gasteiger partial charge >= 0.3 is 11.9 Å². The third-order valence-corrected chi connectivity index (χ3v) is 5.22. The lowest BCUT2D eigenvalue weighted by atomic mass is 9.88. The Balaban J connectivity index is 1.56. The summed E-state index contributed by atoms with van der Waals surface area (Å²) in [5.41, 5.74) is 3.08. The number of carbonyl (C=O) groups excluding carboxylic acids is 1. The van der Waals surface area contributed by atoms with Gasteiger partial charge in [0, 0.05) is 6.54 Å². The van der Waals surface area contributed by atoms with Gasteiger partial charge in [-0.05, 0) is 67.6 Å². The summed E-state index contributed by atoms with van der Waals surface area (Å²) in [6, 6.07) is 14.8. The van der Waals surface area contributed by atoms with Crippen LogP contribution in [0.25, 0.3) is 0 Å². The molecule has 2 aromatic rings. The fourth-order valence-electron chi connectivity index (χ4n) is 3.73. The number of aromatic carboxylic acids is 1. The number of rotatable bonds is 6.